The molecule has 0 atom stereocenters. The van der Waals surface area contributed by atoms with Gasteiger partial charge in [-0.2, -0.15) is 0 Å². The van der Waals surface area contributed by atoms with E-state index in [1.54, 1.807) is 0 Å². The molecule has 248 valence electrons. The summed E-state index contributed by atoms with van der Waals surface area (Å²) in [5, 5.41) is 20.1. The normalized spacial score (nSPS) is 12.1. The van der Waals surface area contributed by atoms with Crippen molar-refractivity contribution in [3.8, 4) is 33.6 Å². The molecule has 0 saturated carbocycles. The van der Waals surface area contributed by atoms with E-state index >= 15 is 0 Å². The largest absolute Gasteiger partial charge is 0.260 e. The third kappa shape index (κ3) is 4.11. The van der Waals surface area contributed by atoms with Gasteiger partial charge in [0.25, 0.3) is 0 Å². The molecule has 0 saturated heterocycles. The number of rotatable bonds is 3. The Morgan fingerprint density at radius 3 is 1.30 bits per heavy atom. The van der Waals surface area contributed by atoms with Crippen LogP contribution < -0.4 is 0 Å². The summed E-state index contributed by atoms with van der Waals surface area (Å²) in [4.78, 5) is 9.96. The van der Waals surface area contributed by atoms with Crippen LogP contribution in [-0.2, 0) is 0 Å². The Morgan fingerprint density at radius 1 is 0.278 bits per heavy atom. The molecule has 11 aromatic carbocycles. The summed E-state index contributed by atoms with van der Waals surface area (Å²) in [6.45, 7) is 0. The minimum Gasteiger partial charge on any atom is -0.260 e. The van der Waals surface area contributed by atoms with Gasteiger partial charge in [0.2, 0.25) is 0 Å². The van der Waals surface area contributed by atoms with E-state index in [1.165, 1.54) is 86.5 Å². The highest BCUT2D eigenvalue weighted by molar-refractivity contribution is 6.37. The SMILES string of the molecule is c1ccc(-c2cncc(-c3c4ccccc4c(-c4cc5ccc6cccc7c8cccc9ccc%10cccc(c(c4)c5c67)c%10c98)c4ccccc34)n2)cc1. The monoisotopic (exact) mass is 682 g/mol. The fraction of sp³-hybridized carbons (Fsp3) is 0. The maximum atomic E-state index is 5.24. The maximum absolute atomic E-state index is 5.24. The second-order valence-corrected chi connectivity index (χ2v) is 14.5. The molecule has 0 spiro atoms. The molecule has 2 heteroatoms. The topological polar surface area (TPSA) is 25.8 Å². The molecule has 0 amide bonds. The Morgan fingerprint density at radius 2 is 0.722 bits per heavy atom. The summed E-state index contributed by atoms with van der Waals surface area (Å²) in [7, 11) is 0. The maximum Gasteiger partial charge on any atom is 0.0905 e. The zero-order valence-electron chi connectivity index (χ0n) is 29.2. The number of nitrogens with zero attached hydrogens (tertiary/aromatic N) is 2. The smallest absolute Gasteiger partial charge is 0.0905 e. The first-order chi connectivity index (χ1) is 26.8. The number of aromatic nitrogens is 2. The summed E-state index contributed by atoms with van der Waals surface area (Å²) in [5.74, 6) is 0. The van der Waals surface area contributed by atoms with E-state index in [1.807, 2.05) is 30.6 Å². The number of hydrogen-bond acceptors (Lipinski definition) is 2. The molecule has 0 fully saturated rings. The van der Waals surface area contributed by atoms with Crippen molar-refractivity contribution in [3.63, 3.8) is 0 Å². The Hall–Kier alpha value is -7.16. The molecule has 12 aromatic rings. The lowest BCUT2D eigenvalue weighted by molar-refractivity contribution is 1.21. The minimum absolute atomic E-state index is 0.864. The molecule has 2 nitrogen and oxygen atoms in total. The van der Waals surface area contributed by atoms with Crippen molar-refractivity contribution in [2.75, 3.05) is 0 Å². The van der Waals surface area contributed by atoms with Crippen LogP contribution in [0.5, 0.6) is 0 Å². The first kappa shape index (κ1) is 29.4. The molecule has 1 heterocycles. The van der Waals surface area contributed by atoms with Crippen molar-refractivity contribution in [2.24, 2.45) is 0 Å². The van der Waals surface area contributed by atoms with Crippen molar-refractivity contribution in [1.82, 2.24) is 9.97 Å². The van der Waals surface area contributed by atoms with Crippen molar-refractivity contribution < 1.29 is 0 Å². The Labute approximate surface area is 310 Å². The predicted octanol–water partition coefficient (Wildman–Crippen LogP) is 14.1. The molecule has 54 heavy (non-hydrogen) atoms. The first-order valence-electron chi connectivity index (χ1n) is 18.6. The highest BCUT2D eigenvalue weighted by Gasteiger charge is 2.21. The van der Waals surface area contributed by atoms with Crippen molar-refractivity contribution in [1.29, 1.82) is 0 Å². The van der Waals surface area contributed by atoms with Crippen molar-refractivity contribution in [2.45, 2.75) is 0 Å². The van der Waals surface area contributed by atoms with Gasteiger partial charge in [-0.05, 0) is 109 Å². The lowest BCUT2D eigenvalue weighted by Gasteiger charge is -2.20. The molecule has 0 aliphatic carbocycles. The van der Waals surface area contributed by atoms with Crippen LogP contribution in [0, 0.1) is 0 Å². The van der Waals surface area contributed by atoms with E-state index in [9.17, 15) is 0 Å². The van der Waals surface area contributed by atoms with Crippen LogP contribution in [0.3, 0.4) is 0 Å². The minimum atomic E-state index is 0.864. The zero-order valence-corrected chi connectivity index (χ0v) is 29.2. The molecule has 12 rings (SSSR count). The highest BCUT2D eigenvalue weighted by atomic mass is 14.8. The summed E-state index contributed by atoms with van der Waals surface area (Å²) >= 11 is 0. The van der Waals surface area contributed by atoms with Gasteiger partial charge in [-0.15, -0.1) is 0 Å². The van der Waals surface area contributed by atoms with Crippen molar-refractivity contribution >= 4 is 86.2 Å². The van der Waals surface area contributed by atoms with Gasteiger partial charge in [-0.3, -0.25) is 4.98 Å². The highest BCUT2D eigenvalue weighted by Crippen LogP contribution is 2.48. The van der Waals surface area contributed by atoms with E-state index < -0.39 is 0 Å². The number of benzene rings is 10. The Bertz CT molecular complexity index is 3430. The van der Waals surface area contributed by atoms with E-state index in [4.69, 9.17) is 9.97 Å². The fourth-order valence-corrected chi connectivity index (χ4v) is 9.38. The number of hydrogen-bond donors (Lipinski definition) is 0. The van der Waals surface area contributed by atoms with Crippen LogP contribution in [0.1, 0.15) is 0 Å². The van der Waals surface area contributed by atoms with Gasteiger partial charge in [-0.25, -0.2) is 4.98 Å². The van der Waals surface area contributed by atoms with Gasteiger partial charge >= 0.3 is 0 Å². The first-order valence-corrected chi connectivity index (χ1v) is 18.6. The average molecular weight is 683 g/mol. The van der Waals surface area contributed by atoms with Gasteiger partial charge in [0.05, 0.1) is 23.8 Å². The summed E-state index contributed by atoms with van der Waals surface area (Å²) in [6.07, 6.45) is 3.77. The molecule has 0 bridgehead atoms. The van der Waals surface area contributed by atoms with Gasteiger partial charge in [-0.1, -0.05) is 158 Å². The van der Waals surface area contributed by atoms with Crippen LogP contribution in [0.25, 0.3) is 120 Å². The van der Waals surface area contributed by atoms with Gasteiger partial charge < -0.3 is 0 Å². The standard InChI is InChI=1S/C52H30N2/c1-2-11-31(12-3-1)45-29-53-30-46(54-45)52-41-18-6-4-16-37(41)47(38-17-5-7-19-42(38)52)36-27-35-26-25-34-14-9-21-40-39-20-8-13-32-23-24-33-15-10-22-43(50(33)48(32)39)44(28-36)51(35)49(34)40/h1-30H. The molecule has 0 unspecified atom stereocenters. The van der Waals surface area contributed by atoms with Crippen LogP contribution in [0.2, 0.25) is 0 Å². The molecule has 0 aliphatic heterocycles. The third-order valence-electron chi connectivity index (χ3n) is 11.6. The summed E-state index contributed by atoms with van der Waals surface area (Å²) < 4.78 is 0. The van der Waals surface area contributed by atoms with E-state index in [0.717, 1.165) is 33.3 Å². The Kier molecular flexibility index (Phi) is 6.09. The molecule has 0 aliphatic rings. The molecule has 1 aromatic heterocycles. The van der Waals surface area contributed by atoms with Crippen LogP contribution in [0.15, 0.2) is 182 Å². The number of fused-ring (bicyclic) bond motifs is 4. The van der Waals surface area contributed by atoms with Gasteiger partial charge in [0, 0.05) is 11.1 Å². The zero-order chi connectivity index (χ0) is 35.3. The quantitative estimate of drug-likeness (QED) is 0.137. The summed E-state index contributed by atoms with van der Waals surface area (Å²) in [5.41, 5.74) is 6.33. The summed E-state index contributed by atoms with van der Waals surface area (Å²) in [6, 6.07) is 62.5. The van der Waals surface area contributed by atoms with E-state index in [2.05, 4.69) is 152 Å². The van der Waals surface area contributed by atoms with Gasteiger partial charge in [0.1, 0.15) is 0 Å². The lowest BCUT2D eigenvalue weighted by Crippen LogP contribution is -1.95. The molecule has 0 N–H and O–H groups in total. The lowest BCUT2D eigenvalue weighted by atomic mass is 9.84. The predicted molar refractivity (Wildman–Crippen MR) is 230 cm³/mol. The van der Waals surface area contributed by atoms with Crippen LogP contribution in [-0.4, -0.2) is 9.97 Å². The van der Waals surface area contributed by atoms with Crippen LogP contribution >= 0.6 is 0 Å². The third-order valence-corrected chi connectivity index (χ3v) is 11.6. The van der Waals surface area contributed by atoms with Crippen molar-refractivity contribution in [3.05, 3.63) is 182 Å². The second kappa shape index (κ2) is 11.2. The Balaban J connectivity index is 1.25. The fourth-order valence-electron chi connectivity index (χ4n) is 9.38. The second-order valence-electron chi connectivity index (χ2n) is 14.5. The average Bonchev–Trinajstić information content (AvgIpc) is 3.24. The molecular weight excluding hydrogens is 653 g/mol. The van der Waals surface area contributed by atoms with E-state index in [-0.39, 0.29) is 0 Å². The molecular formula is C52H30N2. The van der Waals surface area contributed by atoms with Gasteiger partial charge in [0.15, 0.2) is 0 Å². The van der Waals surface area contributed by atoms with E-state index in [0.29, 0.717) is 0 Å². The molecule has 0 radical (unpaired) electrons. The van der Waals surface area contributed by atoms with Crippen LogP contribution in [0.4, 0.5) is 0 Å².